The number of piperidine rings is 1. The Morgan fingerprint density at radius 2 is 1.77 bits per heavy atom. The van der Waals surface area contributed by atoms with Gasteiger partial charge in [-0.1, -0.05) is 41.4 Å². The summed E-state index contributed by atoms with van der Waals surface area (Å²) in [5, 5.41) is 2.55. The average molecular weight is 647 g/mol. The Labute approximate surface area is 258 Å². The largest absolute Gasteiger partial charge is 0.369 e. The lowest BCUT2D eigenvalue weighted by atomic mass is 10.0. The van der Waals surface area contributed by atoms with E-state index in [0.29, 0.717) is 24.3 Å². The quantitative estimate of drug-likeness (QED) is 0.279. The van der Waals surface area contributed by atoms with E-state index >= 15 is 0 Å². The molecule has 1 saturated heterocycles. The van der Waals surface area contributed by atoms with Gasteiger partial charge in [0.1, 0.15) is 16.4 Å². The molecule has 4 aromatic rings. The van der Waals surface area contributed by atoms with Crippen molar-refractivity contribution in [3.8, 4) is 5.69 Å². The molecule has 0 radical (unpaired) electrons. The van der Waals surface area contributed by atoms with Crippen molar-refractivity contribution in [3.05, 3.63) is 104 Å². The van der Waals surface area contributed by atoms with Crippen LogP contribution in [-0.4, -0.2) is 42.8 Å². The van der Waals surface area contributed by atoms with Crippen LogP contribution in [0.15, 0.2) is 70.4 Å². The molecule has 3 aromatic carbocycles. The molecule has 1 unspecified atom stereocenters. The van der Waals surface area contributed by atoms with E-state index in [9.17, 15) is 22.4 Å². The molecule has 0 saturated carbocycles. The second-order valence-electron chi connectivity index (χ2n) is 10.5. The number of carbonyl (C=O) groups is 1. The highest BCUT2D eigenvalue weighted by atomic mass is 35.5. The predicted molar refractivity (Wildman–Crippen MR) is 167 cm³/mol. The van der Waals surface area contributed by atoms with Crippen LogP contribution in [0.1, 0.15) is 34.5 Å². The number of carbonyl (C=O) groups excluding carboxylic acids is 1. The lowest BCUT2D eigenvalue weighted by Crippen LogP contribution is -2.48. The fourth-order valence-electron chi connectivity index (χ4n) is 5.32. The molecule has 0 bridgehead atoms. The van der Waals surface area contributed by atoms with Crippen molar-refractivity contribution in [3.63, 3.8) is 0 Å². The topological polar surface area (TPSA) is 105 Å². The van der Waals surface area contributed by atoms with Gasteiger partial charge in [0, 0.05) is 37.4 Å². The molecule has 226 valence electrons. The first-order valence-corrected chi connectivity index (χ1v) is 15.8. The zero-order chi connectivity index (χ0) is 31.1. The number of rotatable bonds is 7. The zero-order valence-corrected chi connectivity index (χ0v) is 26.0. The van der Waals surface area contributed by atoms with Gasteiger partial charge in [0.25, 0.3) is 21.5 Å². The van der Waals surface area contributed by atoms with Gasteiger partial charge in [-0.05, 0) is 74.7 Å². The first kappa shape index (κ1) is 30.7. The lowest BCUT2D eigenvalue weighted by Gasteiger charge is -2.35. The molecule has 5 rings (SSSR count). The van der Waals surface area contributed by atoms with Gasteiger partial charge in [-0.15, -0.1) is 0 Å². The van der Waals surface area contributed by atoms with Crippen molar-refractivity contribution in [1.82, 2.24) is 14.7 Å². The molecule has 13 heteroatoms. The number of hydrogen-bond donors (Lipinski definition) is 2. The van der Waals surface area contributed by atoms with Crippen molar-refractivity contribution in [2.75, 3.05) is 22.7 Å². The fourth-order valence-corrected chi connectivity index (χ4v) is 7.25. The van der Waals surface area contributed by atoms with Gasteiger partial charge in [-0.2, -0.15) is 0 Å². The summed E-state index contributed by atoms with van der Waals surface area (Å²) < 4.78 is 46.0. The maximum Gasteiger partial charge on any atom is 0.296 e. The Balaban J connectivity index is 1.40. The fraction of sp³-hybridized carbons (Fsp3) is 0.267. The number of benzene rings is 3. The number of nitrogens with zero attached hydrogens (tertiary/aromatic N) is 3. The molecule has 1 aromatic heterocycles. The minimum absolute atomic E-state index is 0.00339. The maximum atomic E-state index is 13.6. The Hall–Kier alpha value is -3.80. The van der Waals surface area contributed by atoms with Crippen LogP contribution in [-0.2, 0) is 17.1 Å². The van der Waals surface area contributed by atoms with Crippen LogP contribution in [0, 0.1) is 19.7 Å². The van der Waals surface area contributed by atoms with Crippen molar-refractivity contribution < 1.29 is 17.6 Å². The van der Waals surface area contributed by atoms with E-state index < -0.39 is 26.4 Å². The number of para-hydroxylation sites is 1. The van der Waals surface area contributed by atoms with Gasteiger partial charge in [-0.25, -0.2) is 17.5 Å². The SMILES string of the molecule is Cc1cc(F)ccc1N1CCCC(NC(=O)c2cc(Cl)c(Cl)c(S(=O)(=O)Nc3c(C)n(C)n(-c4ccccc4)c3=O)c2)C1. The van der Waals surface area contributed by atoms with E-state index in [4.69, 9.17) is 23.2 Å². The summed E-state index contributed by atoms with van der Waals surface area (Å²) in [6, 6.07) is 15.6. The number of anilines is 2. The highest BCUT2D eigenvalue weighted by molar-refractivity contribution is 7.92. The lowest BCUT2D eigenvalue weighted by molar-refractivity contribution is 0.0933. The first-order chi connectivity index (χ1) is 20.4. The van der Waals surface area contributed by atoms with Gasteiger partial charge < -0.3 is 10.2 Å². The average Bonchev–Trinajstić information content (AvgIpc) is 3.17. The molecule has 1 amide bonds. The summed E-state index contributed by atoms with van der Waals surface area (Å²) in [4.78, 5) is 28.3. The van der Waals surface area contributed by atoms with Crippen molar-refractivity contribution in [2.24, 2.45) is 7.05 Å². The molecule has 9 nitrogen and oxygen atoms in total. The van der Waals surface area contributed by atoms with Crippen LogP contribution >= 0.6 is 23.2 Å². The highest BCUT2D eigenvalue weighted by Crippen LogP contribution is 2.33. The van der Waals surface area contributed by atoms with Crippen molar-refractivity contribution >= 4 is 50.5 Å². The third-order valence-corrected chi connectivity index (χ3v) is 9.88. The highest BCUT2D eigenvalue weighted by Gasteiger charge is 2.28. The van der Waals surface area contributed by atoms with E-state index in [1.165, 1.54) is 27.6 Å². The normalized spacial score (nSPS) is 15.4. The van der Waals surface area contributed by atoms with Gasteiger partial charge in [-0.3, -0.25) is 19.0 Å². The number of nitrogens with one attached hydrogen (secondary N) is 2. The van der Waals surface area contributed by atoms with Crippen LogP contribution < -0.4 is 20.5 Å². The Morgan fingerprint density at radius 1 is 1.05 bits per heavy atom. The van der Waals surface area contributed by atoms with Crippen molar-refractivity contribution in [1.29, 1.82) is 0 Å². The van der Waals surface area contributed by atoms with Crippen LogP contribution in [0.25, 0.3) is 5.69 Å². The Morgan fingerprint density at radius 3 is 2.47 bits per heavy atom. The molecule has 2 N–H and O–H groups in total. The van der Waals surface area contributed by atoms with E-state index in [1.807, 2.05) is 6.92 Å². The standard InChI is InChI=1S/C30H30Cl2FN5O4S/c1-18-14-21(33)11-12-25(18)37-13-7-8-22(17-37)34-29(39)20-15-24(31)27(32)26(16-20)43(41,42)35-28-19(2)36(3)38(30(28)40)23-9-5-4-6-10-23/h4-6,9-12,14-16,22,35H,7-8,13,17H2,1-3H3,(H,34,39). The van der Waals surface area contributed by atoms with Gasteiger partial charge >= 0.3 is 0 Å². The number of aryl methyl sites for hydroxylation is 1. The zero-order valence-electron chi connectivity index (χ0n) is 23.7. The second-order valence-corrected chi connectivity index (χ2v) is 12.9. The Kier molecular flexibility index (Phi) is 8.60. The molecule has 1 aliphatic rings. The van der Waals surface area contributed by atoms with Crippen LogP contribution in [0.3, 0.4) is 0 Å². The molecule has 43 heavy (non-hydrogen) atoms. The third kappa shape index (κ3) is 6.15. The van der Waals surface area contributed by atoms with Gasteiger partial charge in [0.2, 0.25) is 0 Å². The molecule has 1 aliphatic heterocycles. The number of amides is 1. The summed E-state index contributed by atoms with van der Waals surface area (Å²) in [5.41, 5.74) is 1.86. The maximum absolute atomic E-state index is 13.6. The molecule has 0 spiro atoms. The molecular formula is C30H30Cl2FN5O4S. The smallest absolute Gasteiger partial charge is 0.296 e. The molecule has 1 fully saturated rings. The van der Waals surface area contributed by atoms with Crippen molar-refractivity contribution in [2.45, 2.75) is 37.6 Å². The summed E-state index contributed by atoms with van der Waals surface area (Å²) >= 11 is 12.6. The number of halogens is 3. The minimum atomic E-state index is -4.45. The molecule has 2 heterocycles. The minimum Gasteiger partial charge on any atom is -0.369 e. The monoisotopic (exact) mass is 645 g/mol. The van der Waals surface area contributed by atoms with Crippen LogP contribution in [0.4, 0.5) is 15.8 Å². The van der Waals surface area contributed by atoms with Gasteiger partial charge in [0.05, 0.1) is 21.4 Å². The van der Waals surface area contributed by atoms with Crippen LogP contribution in [0.5, 0.6) is 0 Å². The van der Waals surface area contributed by atoms with Crippen LogP contribution in [0.2, 0.25) is 10.0 Å². The van der Waals surface area contributed by atoms with E-state index in [1.54, 1.807) is 50.4 Å². The molecule has 0 aliphatic carbocycles. The predicted octanol–water partition coefficient (Wildman–Crippen LogP) is 5.44. The summed E-state index contributed by atoms with van der Waals surface area (Å²) in [5.74, 6) is -0.840. The van der Waals surface area contributed by atoms with E-state index in [-0.39, 0.29) is 33.2 Å². The second kappa shape index (κ2) is 12.1. The number of hydrogen-bond acceptors (Lipinski definition) is 5. The van der Waals surface area contributed by atoms with E-state index in [2.05, 4.69) is 14.9 Å². The number of sulfonamides is 1. The summed E-state index contributed by atoms with van der Waals surface area (Å²) in [6.07, 6.45) is 1.50. The van der Waals surface area contributed by atoms with E-state index in [0.717, 1.165) is 30.3 Å². The molecule has 1 atom stereocenters. The Bertz CT molecular complexity index is 1880. The third-order valence-electron chi connectivity index (χ3n) is 7.59. The van der Waals surface area contributed by atoms with Gasteiger partial charge in [0.15, 0.2) is 0 Å². The number of aromatic nitrogens is 2. The summed E-state index contributed by atoms with van der Waals surface area (Å²) in [6.45, 7) is 4.69. The summed E-state index contributed by atoms with van der Waals surface area (Å²) in [7, 11) is -2.81. The molecular weight excluding hydrogens is 616 g/mol. The first-order valence-electron chi connectivity index (χ1n) is 13.5.